The second-order valence-corrected chi connectivity index (χ2v) is 5.25. The molecule has 0 aromatic heterocycles. The van der Waals surface area contributed by atoms with Gasteiger partial charge in [0.15, 0.2) is 0 Å². The molecular formula is C13H18N2S. The van der Waals surface area contributed by atoms with E-state index in [1.54, 1.807) is 11.8 Å². The van der Waals surface area contributed by atoms with Crippen LogP contribution in [0.3, 0.4) is 0 Å². The molecule has 2 nitrogen and oxygen atoms in total. The molecule has 0 saturated heterocycles. The van der Waals surface area contributed by atoms with Crippen molar-refractivity contribution in [1.82, 2.24) is 5.32 Å². The highest BCUT2D eigenvalue weighted by atomic mass is 32.2. The van der Waals surface area contributed by atoms with E-state index in [4.69, 9.17) is 5.26 Å². The van der Waals surface area contributed by atoms with Gasteiger partial charge in [0.2, 0.25) is 0 Å². The number of thioether (sulfide) groups is 1. The predicted octanol–water partition coefficient (Wildman–Crippen LogP) is 2.80. The number of nitriles is 1. The molecule has 0 aliphatic heterocycles. The van der Waals surface area contributed by atoms with Crippen molar-refractivity contribution in [3.8, 4) is 6.07 Å². The van der Waals surface area contributed by atoms with Crippen molar-refractivity contribution in [1.29, 1.82) is 5.26 Å². The van der Waals surface area contributed by atoms with Gasteiger partial charge in [-0.3, -0.25) is 0 Å². The van der Waals surface area contributed by atoms with E-state index in [-0.39, 0.29) is 5.41 Å². The Morgan fingerprint density at radius 3 is 2.44 bits per heavy atom. The maximum Gasteiger partial charge on any atom is 0.0841 e. The molecule has 0 saturated carbocycles. The maximum absolute atomic E-state index is 8.49. The Kier molecular flexibility index (Phi) is 4.85. The third-order valence-corrected chi connectivity index (χ3v) is 3.39. The summed E-state index contributed by atoms with van der Waals surface area (Å²) < 4.78 is 0. The average Bonchev–Trinajstić information content (AvgIpc) is 2.29. The third-order valence-electron chi connectivity index (χ3n) is 2.64. The molecule has 0 spiro atoms. The summed E-state index contributed by atoms with van der Waals surface area (Å²) in [5.74, 6) is 0. The molecule has 0 bridgehead atoms. The zero-order valence-corrected chi connectivity index (χ0v) is 10.9. The summed E-state index contributed by atoms with van der Waals surface area (Å²) in [6, 6.07) is 10.7. The minimum Gasteiger partial charge on any atom is -0.304 e. The van der Waals surface area contributed by atoms with E-state index < -0.39 is 0 Å². The molecule has 0 radical (unpaired) electrons. The summed E-state index contributed by atoms with van der Waals surface area (Å²) in [5, 5.41) is 11.6. The molecule has 1 aromatic rings. The van der Waals surface area contributed by atoms with E-state index in [2.05, 4.69) is 55.8 Å². The molecule has 0 aliphatic carbocycles. The molecule has 0 heterocycles. The van der Waals surface area contributed by atoms with Crippen LogP contribution < -0.4 is 5.32 Å². The standard InChI is InChI=1S/C13H18N2S/c1-13(2,10-15-9-8-14)11-4-6-12(16-3)7-5-11/h4-7,15H,9-10H2,1-3H3. The summed E-state index contributed by atoms with van der Waals surface area (Å²) in [5.41, 5.74) is 1.36. The number of hydrogen-bond acceptors (Lipinski definition) is 3. The van der Waals surface area contributed by atoms with E-state index in [1.165, 1.54) is 10.5 Å². The fourth-order valence-corrected chi connectivity index (χ4v) is 1.98. The molecule has 1 aromatic carbocycles. The first-order valence-corrected chi connectivity index (χ1v) is 6.55. The summed E-state index contributed by atoms with van der Waals surface area (Å²) in [6.45, 7) is 5.60. The van der Waals surface area contributed by atoms with E-state index in [0.717, 1.165) is 6.54 Å². The molecule has 0 aliphatic rings. The van der Waals surface area contributed by atoms with Crippen LogP contribution in [0.1, 0.15) is 19.4 Å². The van der Waals surface area contributed by atoms with Gasteiger partial charge in [0.05, 0.1) is 12.6 Å². The second-order valence-electron chi connectivity index (χ2n) is 4.37. The van der Waals surface area contributed by atoms with Crippen LogP contribution >= 0.6 is 11.8 Å². The van der Waals surface area contributed by atoms with E-state index >= 15 is 0 Å². The van der Waals surface area contributed by atoms with Crippen molar-refractivity contribution < 1.29 is 0 Å². The lowest BCUT2D eigenvalue weighted by Crippen LogP contribution is -2.33. The Bertz CT molecular complexity index is 363. The van der Waals surface area contributed by atoms with Gasteiger partial charge in [-0.05, 0) is 24.0 Å². The van der Waals surface area contributed by atoms with Crippen molar-refractivity contribution in [2.45, 2.75) is 24.2 Å². The molecular weight excluding hydrogens is 216 g/mol. The lowest BCUT2D eigenvalue weighted by atomic mass is 9.84. The zero-order valence-electron chi connectivity index (χ0n) is 10.1. The molecule has 1 N–H and O–H groups in total. The monoisotopic (exact) mass is 234 g/mol. The molecule has 0 amide bonds. The minimum absolute atomic E-state index is 0.0633. The zero-order chi connectivity index (χ0) is 12.0. The average molecular weight is 234 g/mol. The van der Waals surface area contributed by atoms with Crippen LogP contribution in [0.15, 0.2) is 29.2 Å². The van der Waals surface area contributed by atoms with Crippen molar-refractivity contribution in [2.24, 2.45) is 0 Å². The van der Waals surface area contributed by atoms with Crippen LogP contribution in [0.25, 0.3) is 0 Å². The fourth-order valence-electron chi connectivity index (χ4n) is 1.58. The van der Waals surface area contributed by atoms with Gasteiger partial charge in [-0.2, -0.15) is 5.26 Å². The lowest BCUT2D eigenvalue weighted by Gasteiger charge is -2.25. The number of nitrogens with zero attached hydrogens (tertiary/aromatic N) is 1. The van der Waals surface area contributed by atoms with Gasteiger partial charge in [-0.15, -0.1) is 11.8 Å². The van der Waals surface area contributed by atoms with Gasteiger partial charge in [-0.1, -0.05) is 26.0 Å². The van der Waals surface area contributed by atoms with Crippen molar-refractivity contribution >= 4 is 11.8 Å². The molecule has 0 fully saturated rings. The van der Waals surface area contributed by atoms with Crippen LogP contribution in [0.4, 0.5) is 0 Å². The quantitative estimate of drug-likeness (QED) is 0.483. The number of benzene rings is 1. The maximum atomic E-state index is 8.49. The minimum atomic E-state index is 0.0633. The number of hydrogen-bond donors (Lipinski definition) is 1. The summed E-state index contributed by atoms with van der Waals surface area (Å²) in [6.07, 6.45) is 2.08. The van der Waals surface area contributed by atoms with E-state index in [1.807, 2.05) is 0 Å². The molecule has 1 rings (SSSR count). The molecule has 0 unspecified atom stereocenters. The van der Waals surface area contributed by atoms with Gasteiger partial charge in [-0.25, -0.2) is 0 Å². The highest BCUT2D eigenvalue weighted by Gasteiger charge is 2.19. The van der Waals surface area contributed by atoms with E-state index in [0.29, 0.717) is 6.54 Å². The van der Waals surface area contributed by atoms with Crippen molar-refractivity contribution in [3.05, 3.63) is 29.8 Å². The highest BCUT2D eigenvalue weighted by molar-refractivity contribution is 7.98. The molecule has 86 valence electrons. The molecule has 3 heteroatoms. The Labute approximate surface area is 102 Å². The van der Waals surface area contributed by atoms with Crippen LogP contribution in [0.5, 0.6) is 0 Å². The predicted molar refractivity (Wildman–Crippen MR) is 69.7 cm³/mol. The number of nitrogens with one attached hydrogen (secondary N) is 1. The third kappa shape index (κ3) is 3.55. The first-order valence-electron chi connectivity index (χ1n) is 5.32. The van der Waals surface area contributed by atoms with Crippen LogP contribution in [-0.2, 0) is 5.41 Å². The SMILES string of the molecule is CSc1ccc(C(C)(C)CNCC#N)cc1. The van der Waals surface area contributed by atoms with Crippen molar-refractivity contribution in [3.63, 3.8) is 0 Å². The molecule has 16 heavy (non-hydrogen) atoms. The van der Waals surface area contributed by atoms with Gasteiger partial charge < -0.3 is 5.32 Å². The highest BCUT2D eigenvalue weighted by Crippen LogP contribution is 2.24. The largest absolute Gasteiger partial charge is 0.304 e. The molecule has 0 atom stereocenters. The van der Waals surface area contributed by atoms with Crippen molar-refractivity contribution in [2.75, 3.05) is 19.3 Å². The Balaban J connectivity index is 2.69. The van der Waals surface area contributed by atoms with Gasteiger partial charge in [0.25, 0.3) is 0 Å². The summed E-state index contributed by atoms with van der Waals surface area (Å²) in [4.78, 5) is 1.28. The Hall–Kier alpha value is -0.980. The fraction of sp³-hybridized carbons (Fsp3) is 0.462. The van der Waals surface area contributed by atoms with Gasteiger partial charge >= 0.3 is 0 Å². The first kappa shape index (κ1) is 13.1. The van der Waals surface area contributed by atoms with Gasteiger partial charge in [0.1, 0.15) is 0 Å². The summed E-state index contributed by atoms with van der Waals surface area (Å²) >= 11 is 1.75. The van der Waals surface area contributed by atoms with Crippen LogP contribution in [0.2, 0.25) is 0 Å². The number of rotatable bonds is 5. The normalized spacial score (nSPS) is 11.1. The first-order chi connectivity index (χ1) is 7.60. The van der Waals surface area contributed by atoms with Crippen LogP contribution in [0, 0.1) is 11.3 Å². The second kappa shape index (κ2) is 5.93. The smallest absolute Gasteiger partial charge is 0.0841 e. The van der Waals surface area contributed by atoms with Crippen LogP contribution in [-0.4, -0.2) is 19.3 Å². The van der Waals surface area contributed by atoms with E-state index in [9.17, 15) is 0 Å². The Morgan fingerprint density at radius 1 is 1.31 bits per heavy atom. The Morgan fingerprint density at radius 2 is 1.94 bits per heavy atom. The lowest BCUT2D eigenvalue weighted by molar-refractivity contribution is 0.484. The summed E-state index contributed by atoms with van der Waals surface area (Å²) in [7, 11) is 0. The topological polar surface area (TPSA) is 35.8 Å². The van der Waals surface area contributed by atoms with Gasteiger partial charge in [0, 0.05) is 16.9 Å².